The number of amides is 2. The molecule has 0 saturated heterocycles. The van der Waals surface area contributed by atoms with Crippen LogP contribution in [0.25, 0.3) is 0 Å². The molecule has 0 unspecified atom stereocenters. The van der Waals surface area contributed by atoms with E-state index < -0.39 is 17.8 Å². The molecule has 0 fully saturated rings. The van der Waals surface area contributed by atoms with Gasteiger partial charge in [-0.15, -0.1) is 11.3 Å². The summed E-state index contributed by atoms with van der Waals surface area (Å²) in [5.41, 5.74) is 0.733. The Balaban J connectivity index is 1.78. The van der Waals surface area contributed by atoms with Crippen molar-refractivity contribution in [3.63, 3.8) is 0 Å². The summed E-state index contributed by atoms with van der Waals surface area (Å²) < 4.78 is 15.4. The number of nitrogens with one attached hydrogen (secondary N) is 2. The summed E-state index contributed by atoms with van der Waals surface area (Å²) in [5, 5.41) is 5.92. The number of hydrogen-bond acceptors (Lipinski definition) is 7. The van der Waals surface area contributed by atoms with E-state index >= 15 is 0 Å². The number of rotatable bonds is 8. The van der Waals surface area contributed by atoms with Gasteiger partial charge < -0.3 is 24.8 Å². The second kappa shape index (κ2) is 11.2. The lowest BCUT2D eigenvalue weighted by Gasteiger charge is -2.08. The maximum atomic E-state index is 12.9. The van der Waals surface area contributed by atoms with Gasteiger partial charge >= 0.3 is 5.97 Å². The molecule has 0 aliphatic heterocycles. The first-order chi connectivity index (χ1) is 16.2. The molecular weight excluding hydrogens is 503 g/mol. The van der Waals surface area contributed by atoms with Crippen molar-refractivity contribution >= 4 is 63.0 Å². The molecule has 1 heterocycles. The molecule has 0 aliphatic rings. The number of anilines is 2. The summed E-state index contributed by atoms with van der Waals surface area (Å²) >= 11 is 13.1. The Labute approximate surface area is 209 Å². The number of esters is 1. The SMILES string of the molecule is COC(=O)c1c(NC(=O)COc2ccc(OC)cc2)sc(C(=O)Nc2cccc(Cl)c2Cl)c1C. The van der Waals surface area contributed by atoms with Crippen molar-refractivity contribution in [3.05, 3.63) is 68.5 Å². The standard InChI is InChI=1S/C23H20Cl2N2O6S/c1-12-18(23(30)32-3)22(27-17(28)11-33-14-9-7-13(31-2)8-10-14)34-20(12)21(29)26-16-6-4-5-15(24)19(16)25/h4-10H,11H2,1-3H3,(H,26,29)(H,27,28). The maximum Gasteiger partial charge on any atom is 0.341 e. The lowest BCUT2D eigenvalue weighted by molar-refractivity contribution is -0.118. The van der Waals surface area contributed by atoms with Crippen molar-refractivity contribution in [1.29, 1.82) is 0 Å². The summed E-state index contributed by atoms with van der Waals surface area (Å²) in [4.78, 5) is 38.0. The molecule has 0 radical (unpaired) electrons. The van der Waals surface area contributed by atoms with Crippen molar-refractivity contribution in [2.45, 2.75) is 6.92 Å². The summed E-state index contributed by atoms with van der Waals surface area (Å²) in [7, 11) is 2.76. The minimum Gasteiger partial charge on any atom is -0.497 e. The quantitative estimate of drug-likeness (QED) is 0.382. The number of thiophene rings is 1. The van der Waals surface area contributed by atoms with Crippen LogP contribution >= 0.6 is 34.5 Å². The Hall–Kier alpha value is -3.27. The van der Waals surface area contributed by atoms with Crippen molar-refractivity contribution in [3.8, 4) is 11.5 Å². The van der Waals surface area contributed by atoms with Crippen LogP contribution in [0.5, 0.6) is 11.5 Å². The molecule has 1 aromatic heterocycles. The van der Waals surface area contributed by atoms with Gasteiger partial charge in [-0.05, 0) is 48.9 Å². The topological polar surface area (TPSA) is 103 Å². The zero-order valence-electron chi connectivity index (χ0n) is 18.4. The van der Waals surface area contributed by atoms with E-state index in [1.807, 2.05) is 0 Å². The van der Waals surface area contributed by atoms with Gasteiger partial charge in [-0.2, -0.15) is 0 Å². The highest BCUT2D eigenvalue weighted by molar-refractivity contribution is 7.19. The molecule has 2 N–H and O–H groups in total. The van der Waals surface area contributed by atoms with Crippen LogP contribution in [0, 0.1) is 6.92 Å². The average Bonchev–Trinajstić information content (AvgIpc) is 3.16. The fourth-order valence-electron chi connectivity index (χ4n) is 2.93. The normalized spacial score (nSPS) is 10.4. The molecule has 11 heteroatoms. The number of benzene rings is 2. The molecule has 0 saturated carbocycles. The minimum absolute atomic E-state index is 0.0765. The number of halogens is 2. The monoisotopic (exact) mass is 522 g/mol. The Kier molecular flexibility index (Phi) is 8.38. The average molecular weight is 523 g/mol. The van der Waals surface area contributed by atoms with E-state index in [2.05, 4.69) is 10.6 Å². The van der Waals surface area contributed by atoms with E-state index in [-0.39, 0.29) is 32.1 Å². The van der Waals surface area contributed by atoms with Crippen molar-refractivity contribution < 1.29 is 28.6 Å². The molecule has 0 aliphatic carbocycles. The van der Waals surface area contributed by atoms with E-state index in [9.17, 15) is 14.4 Å². The molecular formula is C23H20Cl2N2O6S. The fraction of sp³-hybridized carbons (Fsp3) is 0.174. The number of ether oxygens (including phenoxy) is 3. The zero-order chi connectivity index (χ0) is 24.8. The predicted molar refractivity (Wildman–Crippen MR) is 132 cm³/mol. The van der Waals surface area contributed by atoms with Crippen molar-refractivity contribution in [2.24, 2.45) is 0 Å². The van der Waals surface area contributed by atoms with Crippen LogP contribution in [0.2, 0.25) is 10.0 Å². The number of carbonyl (C=O) groups excluding carboxylic acids is 3. The molecule has 178 valence electrons. The largest absolute Gasteiger partial charge is 0.497 e. The smallest absolute Gasteiger partial charge is 0.341 e. The summed E-state index contributed by atoms with van der Waals surface area (Å²) in [6.07, 6.45) is 0. The van der Waals surface area contributed by atoms with Crippen LogP contribution in [-0.2, 0) is 9.53 Å². The highest BCUT2D eigenvalue weighted by Crippen LogP contribution is 2.35. The van der Waals surface area contributed by atoms with Gasteiger partial charge in [0.05, 0.1) is 40.4 Å². The van der Waals surface area contributed by atoms with E-state index in [1.165, 1.54) is 7.11 Å². The predicted octanol–water partition coefficient (Wildman–Crippen LogP) is 5.43. The molecule has 2 amide bonds. The third-order valence-electron chi connectivity index (χ3n) is 4.62. The fourth-order valence-corrected chi connectivity index (χ4v) is 4.38. The molecule has 0 atom stereocenters. The lowest BCUT2D eigenvalue weighted by atomic mass is 10.1. The van der Waals surface area contributed by atoms with Gasteiger partial charge in [-0.3, -0.25) is 9.59 Å². The third kappa shape index (κ3) is 5.80. The first-order valence-electron chi connectivity index (χ1n) is 9.79. The van der Waals surface area contributed by atoms with Gasteiger partial charge in [0.15, 0.2) is 6.61 Å². The first-order valence-corrected chi connectivity index (χ1v) is 11.4. The van der Waals surface area contributed by atoms with E-state index in [0.29, 0.717) is 22.7 Å². The molecule has 8 nitrogen and oxygen atoms in total. The molecule has 2 aromatic carbocycles. The molecule has 0 bridgehead atoms. The third-order valence-corrected chi connectivity index (χ3v) is 6.65. The van der Waals surface area contributed by atoms with E-state index in [1.54, 1.807) is 56.5 Å². The van der Waals surface area contributed by atoms with Gasteiger partial charge in [0.2, 0.25) is 0 Å². The molecule has 3 rings (SSSR count). The van der Waals surface area contributed by atoms with Gasteiger partial charge in [-0.1, -0.05) is 29.3 Å². The number of carbonyl (C=O) groups is 3. The summed E-state index contributed by atoms with van der Waals surface area (Å²) in [6, 6.07) is 11.5. The maximum absolute atomic E-state index is 12.9. The highest BCUT2D eigenvalue weighted by Gasteiger charge is 2.27. The van der Waals surface area contributed by atoms with Crippen LogP contribution < -0.4 is 20.1 Å². The second-order valence-corrected chi connectivity index (χ2v) is 8.63. The van der Waals surface area contributed by atoms with Crippen LogP contribution in [0.15, 0.2) is 42.5 Å². The Morgan fingerprint density at radius 2 is 1.65 bits per heavy atom. The molecule has 0 spiro atoms. The molecule has 3 aromatic rings. The van der Waals surface area contributed by atoms with E-state index in [0.717, 1.165) is 11.3 Å². The number of methoxy groups -OCH3 is 2. The van der Waals surface area contributed by atoms with Crippen molar-refractivity contribution in [1.82, 2.24) is 0 Å². The van der Waals surface area contributed by atoms with Crippen molar-refractivity contribution in [2.75, 3.05) is 31.5 Å². The van der Waals surface area contributed by atoms with Crippen LogP contribution in [0.4, 0.5) is 10.7 Å². The zero-order valence-corrected chi connectivity index (χ0v) is 20.7. The minimum atomic E-state index is -0.694. The van der Waals surface area contributed by atoms with Gasteiger partial charge in [0.1, 0.15) is 16.5 Å². The van der Waals surface area contributed by atoms with Gasteiger partial charge in [-0.25, -0.2) is 4.79 Å². The Morgan fingerprint density at radius 1 is 0.971 bits per heavy atom. The summed E-state index contributed by atoms with van der Waals surface area (Å²) in [6.45, 7) is 1.27. The van der Waals surface area contributed by atoms with Gasteiger partial charge in [0.25, 0.3) is 11.8 Å². The van der Waals surface area contributed by atoms with Crippen LogP contribution in [0.1, 0.15) is 25.6 Å². The lowest BCUT2D eigenvalue weighted by Crippen LogP contribution is -2.21. The number of hydrogen-bond donors (Lipinski definition) is 2. The first kappa shape index (κ1) is 25.4. The van der Waals surface area contributed by atoms with E-state index in [4.69, 9.17) is 37.4 Å². The Morgan fingerprint density at radius 3 is 2.29 bits per heavy atom. The van der Waals surface area contributed by atoms with Gasteiger partial charge in [0, 0.05) is 0 Å². The summed E-state index contributed by atoms with van der Waals surface area (Å²) in [5.74, 6) is -0.623. The van der Waals surface area contributed by atoms with Crippen LogP contribution in [-0.4, -0.2) is 38.6 Å². The van der Waals surface area contributed by atoms with Crippen LogP contribution in [0.3, 0.4) is 0 Å². The highest BCUT2D eigenvalue weighted by atomic mass is 35.5. The Bertz CT molecular complexity index is 1230. The second-order valence-electron chi connectivity index (χ2n) is 6.82. The molecule has 34 heavy (non-hydrogen) atoms.